The van der Waals surface area contributed by atoms with Crippen LogP contribution in [0.1, 0.15) is 13.3 Å². The van der Waals surface area contributed by atoms with Gasteiger partial charge in [0.1, 0.15) is 0 Å². The minimum Gasteiger partial charge on any atom is -0.314 e. The first-order valence-electron chi connectivity index (χ1n) is 12.4. The molecule has 0 aromatic rings. The van der Waals surface area contributed by atoms with Crippen LogP contribution in [0.3, 0.4) is 0 Å². The molecular formula is C20H43N11. The van der Waals surface area contributed by atoms with E-state index in [4.69, 9.17) is 5.10 Å². The Bertz CT molecular complexity index is 517. The van der Waals surface area contributed by atoms with Gasteiger partial charge in [-0.3, -0.25) is 10.0 Å². The Morgan fingerprint density at radius 2 is 1.06 bits per heavy atom. The maximum absolute atomic E-state index is 5.36. The summed E-state index contributed by atoms with van der Waals surface area (Å²) in [7, 11) is 0. The minimum atomic E-state index is 0.960. The van der Waals surface area contributed by atoms with Crippen molar-refractivity contribution in [1.82, 2.24) is 51.4 Å². The van der Waals surface area contributed by atoms with Gasteiger partial charge in [0.25, 0.3) is 5.96 Å². The van der Waals surface area contributed by atoms with E-state index < -0.39 is 0 Å². The van der Waals surface area contributed by atoms with E-state index in [1.807, 2.05) is 0 Å². The first kappa shape index (κ1) is 23.0. The van der Waals surface area contributed by atoms with E-state index in [0.29, 0.717) is 0 Å². The second kappa shape index (κ2) is 12.1. The summed E-state index contributed by atoms with van der Waals surface area (Å²) in [5.41, 5.74) is 0. The van der Waals surface area contributed by atoms with Gasteiger partial charge in [-0.2, -0.15) is 5.12 Å². The quantitative estimate of drug-likeness (QED) is 0.268. The number of nitrogens with one attached hydrogen (secondary N) is 4. The van der Waals surface area contributed by atoms with Gasteiger partial charge in [-0.15, -0.1) is 5.10 Å². The second-order valence-corrected chi connectivity index (χ2v) is 8.63. The molecule has 4 fully saturated rings. The highest BCUT2D eigenvalue weighted by Crippen LogP contribution is 2.16. The fourth-order valence-electron chi connectivity index (χ4n) is 4.67. The second-order valence-electron chi connectivity index (χ2n) is 8.63. The van der Waals surface area contributed by atoms with Crippen molar-refractivity contribution in [2.24, 2.45) is 5.10 Å². The van der Waals surface area contributed by atoms with Crippen LogP contribution in [0, 0.1) is 0 Å². The molecule has 4 saturated heterocycles. The van der Waals surface area contributed by atoms with Crippen LogP contribution in [0.2, 0.25) is 0 Å². The molecule has 4 aliphatic heterocycles. The Morgan fingerprint density at radius 1 is 0.645 bits per heavy atom. The third-order valence-corrected chi connectivity index (χ3v) is 6.33. The van der Waals surface area contributed by atoms with Gasteiger partial charge in [-0.1, -0.05) is 6.92 Å². The Hall–Kier alpha value is -1.21. The number of hydrazone groups is 1. The Balaban J connectivity index is 1.67. The number of guanidine groups is 1. The summed E-state index contributed by atoms with van der Waals surface area (Å²) < 4.78 is 0. The van der Waals surface area contributed by atoms with E-state index in [1.165, 1.54) is 0 Å². The van der Waals surface area contributed by atoms with E-state index in [0.717, 1.165) is 124 Å². The molecule has 11 nitrogen and oxygen atoms in total. The molecule has 0 aromatic heterocycles. The molecule has 4 N–H and O–H groups in total. The zero-order valence-corrected chi connectivity index (χ0v) is 19.4. The average molecular weight is 438 g/mol. The number of rotatable bonds is 6. The van der Waals surface area contributed by atoms with Crippen molar-refractivity contribution in [1.29, 1.82) is 0 Å². The van der Waals surface area contributed by atoms with E-state index in [2.05, 4.69) is 58.4 Å². The lowest BCUT2D eigenvalue weighted by Gasteiger charge is -2.51. The third kappa shape index (κ3) is 6.19. The van der Waals surface area contributed by atoms with Gasteiger partial charge in [-0.25, -0.2) is 15.0 Å². The normalized spacial score (nSPS) is 25.6. The van der Waals surface area contributed by atoms with Gasteiger partial charge < -0.3 is 21.3 Å². The lowest BCUT2D eigenvalue weighted by Crippen LogP contribution is -2.69. The number of hydrogen-bond donors (Lipinski definition) is 4. The molecule has 31 heavy (non-hydrogen) atoms. The lowest BCUT2D eigenvalue weighted by molar-refractivity contribution is -0.155. The van der Waals surface area contributed by atoms with Gasteiger partial charge in [0.05, 0.1) is 0 Å². The summed E-state index contributed by atoms with van der Waals surface area (Å²) in [4.78, 5) is 0. The van der Waals surface area contributed by atoms with Crippen LogP contribution in [-0.4, -0.2) is 147 Å². The Labute approximate surface area is 187 Å². The van der Waals surface area contributed by atoms with Crippen LogP contribution in [0.15, 0.2) is 5.10 Å². The van der Waals surface area contributed by atoms with E-state index >= 15 is 0 Å². The Morgan fingerprint density at radius 3 is 1.52 bits per heavy atom. The molecule has 11 heteroatoms. The molecular weight excluding hydrogens is 394 g/mol. The largest absolute Gasteiger partial charge is 0.314 e. The standard InChI is InChI=1S/C20H43N11/c1-2-11-30(27-14-5-22-6-15-27)20(25-26-12-3-21-4-13-26)31(28-16-7-23-8-17-28)29-18-9-24-10-19-29/h21-24H,2-19H2,1H3. The van der Waals surface area contributed by atoms with E-state index in [-0.39, 0.29) is 0 Å². The van der Waals surface area contributed by atoms with Crippen molar-refractivity contribution in [3.63, 3.8) is 0 Å². The highest BCUT2D eigenvalue weighted by molar-refractivity contribution is 5.78. The molecule has 0 aromatic carbocycles. The van der Waals surface area contributed by atoms with Gasteiger partial charge in [0, 0.05) is 111 Å². The summed E-state index contributed by atoms with van der Waals surface area (Å²) in [6.07, 6.45) is 1.10. The number of nitrogens with zero attached hydrogens (tertiary/aromatic N) is 7. The van der Waals surface area contributed by atoms with Crippen molar-refractivity contribution in [2.75, 3.05) is 111 Å². The SMILES string of the molecule is CCCN(C(=NN1CCNCC1)N(N1CCNCC1)N1CCNCC1)N1CCNCC1. The maximum atomic E-state index is 5.36. The molecule has 0 spiro atoms. The predicted octanol–water partition coefficient (Wildman–Crippen LogP) is -2.36. The van der Waals surface area contributed by atoms with Crippen LogP contribution in [-0.2, 0) is 0 Å². The van der Waals surface area contributed by atoms with E-state index in [9.17, 15) is 0 Å². The first-order chi connectivity index (χ1) is 15.4. The minimum absolute atomic E-state index is 0.960. The molecule has 0 unspecified atom stereocenters. The van der Waals surface area contributed by atoms with Crippen molar-refractivity contribution in [3.05, 3.63) is 0 Å². The van der Waals surface area contributed by atoms with Crippen molar-refractivity contribution in [2.45, 2.75) is 13.3 Å². The summed E-state index contributed by atoms with van der Waals surface area (Å²) in [6.45, 7) is 19.4. The molecule has 0 saturated carbocycles. The van der Waals surface area contributed by atoms with Crippen LogP contribution < -0.4 is 21.3 Å². The fraction of sp³-hybridized carbons (Fsp3) is 0.950. The number of hydrazine groups is 3. The van der Waals surface area contributed by atoms with Crippen molar-refractivity contribution < 1.29 is 0 Å². The molecule has 0 atom stereocenters. The fourth-order valence-corrected chi connectivity index (χ4v) is 4.67. The van der Waals surface area contributed by atoms with Gasteiger partial charge >= 0.3 is 0 Å². The zero-order valence-electron chi connectivity index (χ0n) is 19.4. The zero-order chi connectivity index (χ0) is 21.3. The third-order valence-electron chi connectivity index (χ3n) is 6.33. The average Bonchev–Trinajstić information content (AvgIpc) is 2.85. The molecule has 4 heterocycles. The smallest absolute Gasteiger partial charge is 0.263 e. The van der Waals surface area contributed by atoms with Crippen molar-refractivity contribution in [3.8, 4) is 0 Å². The first-order valence-corrected chi connectivity index (χ1v) is 12.4. The molecule has 4 rings (SSSR count). The molecule has 178 valence electrons. The summed E-state index contributed by atoms with van der Waals surface area (Å²) >= 11 is 0. The van der Waals surface area contributed by atoms with Crippen LogP contribution >= 0.6 is 0 Å². The van der Waals surface area contributed by atoms with Gasteiger partial charge in [-0.05, 0) is 6.42 Å². The molecule has 0 radical (unpaired) electrons. The topological polar surface area (TPSA) is 79.9 Å². The highest BCUT2D eigenvalue weighted by Gasteiger charge is 2.34. The Kier molecular flexibility index (Phi) is 9.00. The molecule has 4 aliphatic rings. The summed E-state index contributed by atoms with van der Waals surface area (Å²) in [6, 6.07) is 0. The monoisotopic (exact) mass is 437 g/mol. The van der Waals surface area contributed by atoms with Crippen molar-refractivity contribution >= 4 is 5.96 Å². The molecule has 0 amide bonds. The van der Waals surface area contributed by atoms with Crippen LogP contribution in [0.5, 0.6) is 0 Å². The highest BCUT2D eigenvalue weighted by atomic mass is 15.9. The number of hydrogen-bond acceptors (Lipinski definition) is 9. The maximum Gasteiger partial charge on any atom is 0.263 e. The predicted molar refractivity (Wildman–Crippen MR) is 124 cm³/mol. The van der Waals surface area contributed by atoms with Gasteiger partial charge in [0.2, 0.25) is 0 Å². The lowest BCUT2D eigenvalue weighted by atomic mass is 10.4. The van der Waals surface area contributed by atoms with Crippen LogP contribution in [0.25, 0.3) is 0 Å². The summed E-state index contributed by atoms with van der Waals surface area (Å²) in [5, 5.41) is 34.1. The molecule has 0 aliphatic carbocycles. The number of piperazine rings is 4. The van der Waals surface area contributed by atoms with Gasteiger partial charge in [0.15, 0.2) is 0 Å². The van der Waals surface area contributed by atoms with E-state index in [1.54, 1.807) is 0 Å². The summed E-state index contributed by atoms with van der Waals surface area (Å²) in [5.74, 6) is 1.08. The van der Waals surface area contributed by atoms with Crippen LogP contribution in [0.4, 0.5) is 0 Å². The molecule has 0 bridgehead atoms.